The number of sulfonamides is 1. The van der Waals surface area contributed by atoms with Gasteiger partial charge in [0.1, 0.15) is 5.82 Å². The first-order chi connectivity index (χ1) is 11.8. The highest BCUT2D eigenvalue weighted by atomic mass is 32.2. The monoisotopic (exact) mass is 382 g/mol. The van der Waals surface area contributed by atoms with Crippen LogP contribution in [-0.4, -0.2) is 26.0 Å². The Hall–Kier alpha value is -2.39. The molecule has 0 radical (unpaired) electrons. The van der Waals surface area contributed by atoms with Crippen LogP contribution in [0.25, 0.3) is 0 Å². The summed E-state index contributed by atoms with van der Waals surface area (Å²) in [6.07, 6.45) is 0. The summed E-state index contributed by atoms with van der Waals surface area (Å²) in [4.78, 5) is 24.8. The molecule has 0 saturated carbocycles. The van der Waals surface area contributed by atoms with Crippen molar-refractivity contribution in [3.63, 3.8) is 0 Å². The van der Waals surface area contributed by atoms with Gasteiger partial charge in [0, 0.05) is 5.56 Å². The van der Waals surface area contributed by atoms with Gasteiger partial charge in [-0.25, -0.2) is 17.1 Å². The van der Waals surface area contributed by atoms with Gasteiger partial charge in [-0.05, 0) is 37.3 Å². The van der Waals surface area contributed by atoms with E-state index in [1.54, 1.807) is 18.2 Å². The van der Waals surface area contributed by atoms with Crippen LogP contribution in [0.5, 0.6) is 0 Å². The molecule has 0 aliphatic carbocycles. The van der Waals surface area contributed by atoms with Crippen LogP contribution in [0.1, 0.15) is 27.6 Å². The van der Waals surface area contributed by atoms with Crippen molar-refractivity contribution in [3.8, 4) is 0 Å². The number of hydrogen-bond acceptors (Lipinski definition) is 5. The van der Waals surface area contributed by atoms with Crippen molar-refractivity contribution in [2.45, 2.75) is 6.92 Å². The van der Waals surface area contributed by atoms with Gasteiger partial charge < -0.3 is 0 Å². The predicted octanol–water partition coefficient (Wildman–Crippen LogP) is 2.40. The minimum Gasteiger partial charge on any atom is -0.299 e. The zero-order valence-corrected chi connectivity index (χ0v) is 14.9. The van der Waals surface area contributed by atoms with E-state index in [-0.39, 0.29) is 22.6 Å². The van der Waals surface area contributed by atoms with Crippen LogP contribution in [0.15, 0.2) is 48.5 Å². The van der Waals surface area contributed by atoms with Gasteiger partial charge in [-0.15, -0.1) is 0 Å². The number of benzene rings is 2. The lowest BCUT2D eigenvalue weighted by atomic mass is 10.1. The number of carbonyl (C=O) groups excluding carboxylic acids is 2. The van der Waals surface area contributed by atoms with Gasteiger partial charge in [-0.1, -0.05) is 31.0 Å². The molecule has 1 N–H and O–H groups in total. The molecule has 2 rings (SSSR count). The quantitative estimate of drug-likeness (QED) is 0.778. The molecule has 0 fully saturated rings. The Kier molecular flexibility index (Phi) is 5.81. The van der Waals surface area contributed by atoms with Gasteiger partial charge in [-0.2, -0.15) is 0 Å². The van der Waals surface area contributed by atoms with Crippen LogP contribution in [0, 0.1) is 5.82 Å². The summed E-state index contributed by atoms with van der Waals surface area (Å²) in [6.45, 7) is 1.36. The summed E-state index contributed by atoms with van der Waals surface area (Å²) in [5, 5.41) is 0. The average molecular weight is 382 g/mol. The highest BCUT2D eigenvalue weighted by Gasteiger charge is 2.32. The molecule has 0 aromatic heterocycles. The molecule has 0 saturated heterocycles. The lowest BCUT2D eigenvalue weighted by molar-refractivity contribution is 0.0985. The summed E-state index contributed by atoms with van der Waals surface area (Å²) >= 11 is 3.62. The number of nitrogens with one attached hydrogen (secondary N) is 1. The zero-order chi connectivity index (χ0) is 18.6. The van der Waals surface area contributed by atoms with Crippen molar-refractivity contribution < 1.29 is 22.4 Å². The van der Waals surface area contributed by atoms with Gasteiger partial charge in [-0.3, -0.25) is 14.3 Å². The number of hydrogen-bond donors (Lipinski definition) is 2. The third-order valence-corrected chi connectivity index (χ3v) is 5.22. The number of thiol groups is 1. The van der Waals surface area contributed by atoms with Gasteiger partial charge in [0.25, 0.3) is 11.8 Å². The molecule has 0 atom stereocenters. The van der Waals surface area contributed by atoms with Crippen LogP contribution < -0.4 is 9.03 Å². The average Bonchev–Trinajstić information content (AvgIpc) is 2.62. The topological polar surface area (TPSA) is 83.6 Å². The van der Waals surface area contributed by atoms with Gasteiger partial charge in [0.05, 0.1) is 17.0 Å². The van der Waals surface area contributed by atoms with Crippen LogP contribution in [0.3, 0.4) is 0 Å². The van der Waals surface area contributed by atoms with E-state index in [1.807, 2.05) is 4.72 Å². The van der Waals surface area contributed by atoms with Crippen molar-refractivity contribution in [1.82, 2.24) is 4.72 Å². The first kappa shape index (κ1) is 18.9. The maximum atomic E-state index is 13.6. The zero-order valence-electron chi connectivity index (χ0n) is 13.1. The van der Waals surface area contributed by atoms with E-state index in [0.29, 0.717) is 4.31 Å². The largest absolute Gasteiger partial charge is 0.299 e. The molecule has 9 heteroatoms. The number of anilines is 1. The maximum absolute atomic E-state index is 13.6. The first-order valence-corrected chi connectivity index (χ1v) is 9.23. The highest BCUT2D eigenvalue weighted by molar-refractivity contribution is 7.93. The van der Waals surface area contributed by atoms with E-state index in [2.05, 4.69) is 12.8 Å². The molecule has 0 unspecified atom stereocenters. The SMILES string of the molecule is CCS(=O)(=O)N(C(=O)c1ccccc1)c1ccc(F)cc1C(=O)NS. The Bertz CT molecular complexity index is 902. The Morgan fingerprint density at radius 3 is 2.36 bits per heavy atom. The molecule has 0 spiro atoms. The molecule has 2 amide bonds. The lowest BCUT2D eigenvalue weighted by Gasteiger charge is -2.24. The number of halogens is 1. The lowest BCUT2D eigenvalue weighted by Crippen LogP contribution is -2.39. The molecule has 25 heavy (non-hydrogen) atoms. The standard InChI is InChI=1S/C16H15FN2O4S2/c1-2-25(22,23)19(16(21)11-6-4-3-5-7-11)14-9-8-12(17)10-13(14)15(20)18-24/h3-10,24H,2H2,1H3,(H,18,20). The van der Waals surface area contributed by atoms with Crippen molar-refractivity contribution in [1.29, 1.82) is 0 Å². The molecule has 2 aromatic rings. The van der Waals surface area contributed by atoms with Gasteiger partial charge in [0.2, 0.25) is 10.0 Å². The van der Waals surface area contributed by atoms with Crippen LogP contribution in [0.2, 0.25) is 0 Å². The second-order valence-corrected chi connectivity index (χ2v) is 7.27. The van der Waals surface area contributed by atoms with Crippen molar-refractivity contribution in [3.05, 3.63) is 65.5 Å². The minimum atomic E-state index is -4.08. The molecular weight excluding hydrogens is 367 g/mol. The third-order valence-electron chi connectivity index (χ3n) is 3.37. The fraction of sp³-hybridized carbons (Fsp3) is 0.125. The molecular formula is C16H15FN2O4S2. The second-order valence-electron chi connectivity index (χ2n) is 4.94. The minimum absolute atomic E-state index is 0.112. The first-order valence-electron chi connectivity index (χ1n) is 7.18. The summed E-state index contributed by atoms with van der Waals surface area (Å²) in [6, 6.07) is 10.6. The Labute approximate surface area is 150 Å². The van der Waals surface area contributed by atoms with E-state index < -0.39 is 27.7 Å². The number of rotatable bonds is 5. The van der Waals surface area contributed by atoms with Crippen LogP contribution in [0.4, 0.5) is 10.1 Å². The van der Waals surface area contributed by atoms with Gasteiger partial charge in [0.15, 0.2) is 0 Å². The van der Waals surface area contributed by atoms with E-state index in [1.165, 1.54) is 19.1 Å². The summed E-state index contributed by atoms with van der Waals surface area (Å²) in [5.74, 6) is -2.82. The highest BCUT2D eigenvalue weighted by Crippen LogP contribution is 2.27. The van der Waals surface area contributed by atoms with E-state index in [9.17, 15) is 22.4 Å². The Balaban J connectivity index is 2.70. The summed E-state index contributed by atoms with van der Waals surface area (Å²) in [7, 11) is -4.08. The fourth-order valence-corrected chi connectivity index (χ4v) is 3.34. The van der Waals surface area contributed by atoms with Crippen molar-refractivity contribution in [2.24, 2.45) is 0 Å². The van der Waals surface area contributed by atoms with E-state index >= 15 is 0 Å². The van der Waals surface area contributed by atoms with E-state index in [4.69, 9.17) is 0 Å². The molecule has 132 valence electrons. The maximum Gasteiger partial charge on any atom is 0.272 e. The number of nitrogens with zero attached hydrogens (tertiary/aromatic N) is 1. The number of carbonyl (C=O) groups is 2. The van der Waals surface area contributed by atoms with Gasteiger partial charge >= 0.3 is 0 Å². The molecule has 2 aromatic carbocycles. The van der Waals surface area contributed by atoms with Crippen molar-refractivity contribution in [2.75, 3.05) is 10.1 Å². The molecule has 0 heterocycles. The normalized spacial score (nSPS) is 11.0. The van der Waals surface area contributed by atoms with E-state index in [0.717, 1.165) is 18.2 Å². The summed E-state index contributed by atoms with van der Waals surface area (Å²) < 4.78 is 41.1. The number of amides is 2. The molecule has 0 bridgehead atoms. The molecule has 0 aliphatic heterocycles. The Morgan fingerprint density at radius 1 is 1.16 bits per heavy atom. The third kappa shape index (κ3) is 3.99. The molecule has 6 nitrogen and oxygen atoms in total. The predicted molar refractivity (Wildman–Crippen MR) is 95.6 cm³/mol. The van der Waals surface area contributed by atoms with Crippen LogP contribution in [-0.2, 0) is 10.0 Å². The molecule has 0 aliphatic rings. The summed E-state index contributed by atoms with van der Waals surface area (Å²) in [5.41, 5.74) is -0.457. The second kappa shape index (κ2) is 7.66. The fourth-order valence-electron chi connectivity index (χ4n) is 2.14. The smallest absolute Gasteiger partial charge is 0.272 e. The Morgan fingerprint density at radius 2 is 1.80 bits per heavy atom. The van der Waals surface area contributed by atoms with Crippen LogP contribution >= 0.6 is 12.8 Å². The van der Waals surface area contributed by atoms with Crippen molar-refractivity contribution >= 4 is 40.3 Å².